The third kappa shape index (κ3) is 2.20. The Morgan fingerprint density at radius 3 is 2.43 bits per heavy atom. The molecule has 1 amide bonds. The van der Waals surface area contributed by atoms with E-state index in [0.717, 1.165) is 6.42 Å². The number of anilines is 1. The molecule has 112 valence electrons. The second-order valence-electron chi connectivity index (χ2n) is 7.00. The zero-order valence-corrected chi connectivity index (χ0v) is 13.9. The molecule has 0 heterocycles. The molecular weight excluding hydrogens is 305 g/mol. The standard InChI is InChI=1S/C17H19Cl2NO/c1-16(2)10-4-7-14(16)17(3,9-10)15(21)20-11-5-6-12(18)13(19)8-11/h4-8,10,14H,9H2,1-3H3,(H,20,21)/t10-,14-,17+/m0/s1. The lowest BCUT2D eigenvalue weighted by Crippen LogP contribution is -2.39. The molecule has 3 rings (SSSR count). The van der Waals surface area contributed by atoms with Gasteiger partial charge < -0.3 is 5.32 Å². The molecule has 21 heavy (non-hydrogen) atoms. The fourth-order valence-corrected chi connectivity index (χ4v) is 4.30. The summed E-state index contributed by atoms with van der Waals surface area (Å²) >= 11 is 11.9. The first kappa shape index (κ1) is 14.9. The fraction of sp³-hybridized carbons (Fsp3) is 0.471. The lowest BCUT2D eigenvalue weighted by Gasteiger charge is -2.33. The second kappa shape index (κ2) is 4.76. The van der Waals surface area contributed by atoms with Gasteiger partial charge in [0.15, 0.2) is 0 Å². The van der Waals surface area contributed by atoms with E-state index in [4.69, 9.17) is 23.2 Å². The van der Waals surface area contributed by atoms with Crippen LogP contribution in [0.15, 0.2) is 30.4 Å². The third-order valence-corrected chi connectivity index (χ3v) is 6.06. The Labute approximate surface area is 135 Å². The van der Waals surface area contributed by atoms with Crippen LogP contribution in [0.1, 0.15) is 27.2 Å². The van der Waals surface area contributed by atoms with Crippen molar-refractivity contribution in [3.05, 3.63) is 40.4 Å². The van der Waals surface area contributed by atoms with Crippen molar-refractivity contribution in [3.63, 3.8) is 0 Å². The van der Waals surface area contributed by atoms with E-state index in [9.17, 15) is 4.79 Å². The summed E-state index contributed by atoms with van der Waals surface area (Å²) in [6.07, 6.45) is 5.37. The number of amides is 1. The number of rotatable bonds is 2. The number of carbonyl (C=O) groups is 1. The van der Waals surface area contributed by atoms with Crippen LogP contribution in [-0.2, 0) is 4.79 Å². The Hall–Kier alpha value is -0.990. The summed E-state index contributed by atoms with van der Waals surface area (Å²) in [5.41, 5.74) is 0.485. The maximum atomic E-state index is 12.8. The summed E-state index contributed by atoms with van der Waals surface area (Å²) in [7, 11) is 0. The molecule has 1 saturated carbocycles. The molecule has 1 aromatic carbocycles. The van der Waals surface area contributed by atoms with Gasteiger partial charge in [0.05, 0.1) is 15.5 Å². The summed E-state index contributed by atoms with van der Waals surface area (Å²) in [6.45, 7) is 6.57. The minimum atomic E-state index is -0.366. The van der Waals surface area contributed by atoms with E-state index in [0.29, 0.717) is 21.7 Å². The van der Waals surface area contributed by atoms with Gasteiger partial charge in [-0.1, -0.05) is 56.1 Å². The van der Waals surface area contributed by atoms with Gasteiger partial charge in [0, 0.05) is 5.69 Å². The zero-order chi connectivity index (χ0) is 15.4. The molecule has 0 saturated heterocycles. The van der Waals surface area contributed by atoms with Crippen LogP contribution in [0.4, 0.5) is 5.69 Å². The maximum absolute atomic E-state index is 12.8. The first-order chi connectivity index (χ1) is 9.75. The van der Waals surface area contributed by atoms with Crippen molar-refractivity contribution in [3.8, 4) is 0 Å². The van der Waals surface area contributed by atoms with Crippen molar-refractivity contribution in [2.45, 2.75) is 27.2 Å². The highest BCUT2D eigenvalue weighted by atomic mass is 35.5. The normalized spacial score (nSPS) is 32.4. The van der Waals surface area contributed by atoms with Gasteiger partial charge in [-0.15, -0.1) is 0 Å². The highest BCUT2D eigenvalue weighted by Crippen LogP contribution is 2.62. The molecular formula is C17H19Cl2NO. The number of nitrogens with one attached hydrogen (secondary N) is 1. The number of hydrogen-bond acceptors (Lipinski definition) is 1. The first-order valence-electron chi connectivity index (χ1n) is 7.20. The summed E-state index contributed by atoms with van der Waals surface area (Å²) in [6, 6.07) is 5.18. The number of halogens is 2. The van der Waals surface area contributed by atoms with Crippen molar-refractivity contribution in [2.75, 3.05) is 5.32 Å². The number of hydrogen-bond donors (Lipinski definition) is 1. The summed E-state index contributed by atoms with van der Waals surface area (Å²) in [4.78, 5) is 12.8. The Bertz CT molecular complexity index is 638. The topological polar surface area (TPSA) is 29.1 Å². The molecule has 1 aromatic rings. The van der Waals surface area contributed by atoms with E-state index in [1.807, 2.05) is 0 Å². The second-order valence-corrected chi connectivity index (χ2v) is 7.81. The molecule has 1 fully saturated rings. The van der Waals surface area contributed by atoms with E-state index in [1.54, 1.807) is 18.2 Å². The lowest BCUT2D eigenvalue weighted by molar-refractivity contribution is -0.126. The number of carbonyl (C=O) groups excluding carboxylic acids is 1. The average molecular weight is 324 g/mol. The summed E-state index contributed by atoms with van der Waals surface area (Å²) in [5.74, 6) is 0.815. The van der Waals surface area contributed by atoms with Gasteiger partial charge in [0.2, 0.25) is 5.91 Å². The van der Waals surface area contributed by atoms with Gasteiger partial charge in [-0.05, 0) is 41.9 Å². The number of benzene rings is 1. The average Bonchev–Trinajstić information content (AvgIpc) is 2.80. The molecule has 2 nitrogen and oxygen atoms in total. The minimum Gasteiger partial charge on any atom is -0.326 e. The number of allylic oxidation sites excluding steroid dienone is 2. The van der Waals surface area contributed by atoms with Gasteiger partial charge >= 0.3 is 0 Å². The molecule has 0 unspecified atom stereocenters. The molecule has 4 heteroatoms. The monoisotopic (exact) mass is 323 g/mol. The van der Waals surface area contributed by atoms with Crippen molar-refractivity contribution in [1.29, 1.82) is 0 Å². The van der Waals surface area contributed by atoms with Crippen LogP contribution < -0.4 is 5.32 Å². The SMILES string of the molecule is CC1(C)[C@H]2C=C[C@@H]1[C@](C)(C(=O)Nc1ccc(Cl)c(Cl)c1)C2. The van der Waals surface area contributed by atoms with Gasteiger partial charge in [-0.3, -0.25) is 4.79 Å². The Kier molecular flexibility index (Phi) is 3.38. The minimum absolute atomic E-state index is 0.0609. The van der Waals surface area contributed by atoms with E-state index >= 15 is 0 Å². The van der Waals surface area contributed by atoms with Crippen molar-refractivity contribution in [1.82, 2.24) is 0 Å². The molecule has 2 bridgehead atoms. The van der Waals surface area contributed by atoms with Crippen LogP contribution in [0.5, 0.6) is 0 Å². The predicted molar refractivity (Wildman–Crippen MR) is 87.7 cm³/mol. The van der Waals surface area contributed by atoms with Crippen molar-refractivity contribution >= 4 is 34.8 Å². The molecule has 0 aromatic heterocycles. The molecule has 1 N–H and O–H groups in total. The van der Waals surface area contributed by atoms with E-state index in [-0.39, 0.29) is 22.7 Å². The highest BCUT2D eigenvalue weighted by Gasteiger charge is 2.59. The summed E-state index contributed by atoms with van der Waals surface area (Å²) in [5, 5.41) is 3.94. The van der Waals surface area contributed by atoms with Crippen LogP contribution in [0.25, 0.3) is 0 Å². The van der Waals surface area contributed by atoms with Crippen LogP contribution in [-0.4, -0.2) is 5.91 Å². The first-order valence-corrected chi connectivity index (χ1v) is 7.95. The van der Waals surface area contributed by atoms with Crippen LogP contribution in [0.2, 0.25) is 10.0 Å². The maximum Gasteiger partial charge on any atom is 0.230 e. The molecule has 3 atom stereocenters. The van der Waals surface area contributed by atoms with E-state index in [2.05, 4.69) is 38.2 Å². The van der Waals surface area contributed by atoms with Gasteiger partial charge in [0.1, 0.15) is 0 Å². The fourth-order valence-electron chi connectivity index (χ4n) is 4.00. The highest BCUT2D eigenvalue weighted by molar-refractivity contribution is 6.42. The zero-order valence-electron chi connectivity index (χ0n) is 12.4. The number of fused-ring (bicyclic) bond motifs is 2. The van der Waals surface area contributed by atoms with Gasteiger partial charge in [-0.25, -0.2) is 0 Å². The molecule has 0 aliphatic heterocycles. The quantitative estimate of drug-likeness (QED) is 0.747. The van der Waals surface area contributed by atoms with E-state index in [1.165, 1.54) is 0 Å². The Morgan fingerprint density at radius 2 is 1.90 bits per heavy atom. The predicted octanol–water partition coefficient (Wildman–Crippen LogP) is 5.17. The third-order valence-electron chi connectivity index (χ3n) is 5.32. The Balaban J connectivity index is 1.83. The molecule has 2 aliphatic carbocycles. The van der Waals surface area contributed by atoms with Crippen LogP contribution in [0.3, 0.4) is 0 Å². The molecule has 0 spiro atoms. The van der Waals surface area contributed by atoms with Crippen LogP contribution in [0, 0.1) is 22.7 Å². The lowest BCUT2D eigenvalue weighted by atomic mass is 9.72. The Morgan fingerprint density at radius 1 is 1.19 bits per heavy atom. The van der Waals surface area contributed by atoms with Gasteiger partial charge in [0.25, 0.3) is 0 Å². The van der Waals surface area contributed by atoms with Crippen molar-refractivity contribution < 1.29 is 4.79 Å². The molecule has 2 aliphatic rings. The van der Waals surface area contributed by atoms with Gasteiger partial charge in [-0.2, -0.15) is 0 Å². The summed E-state index contributed by atoms with van der Waals surface area (Å²) < 4.78 is 0. The van der Waals surface area contributed by atoms with Crippen LogP contribution >= 0.6 is 23.2 Å². The molecule has 0 radical (unpaired) electrons. The van der Waals surface area contributed by atoms with E-state index < -0.39 is 0 Å². The smallest absolute Gasteiger partial charge is 0.230 e. The van der Waals surface area contributed by atoms with Crippen molar-refractivity contribution in [2.24, 2.45) is 22.7 Å². The largest absolute Gasteiger partial charge is 0.326 e.